The summed E-state index contributed by atoms with van der Waals surface area (Å²) in [5.74, 6) is 0.363. The lowest BCUT2D eigenvalue weighted by Crippen LogP contribution is -2.36. The van der Waals surface area contributed by atoms with Crippen molar-refractivity contribution in [1.82, 2.24) is 4.90 Å². The minimum atomic E-state index is -0.424. The van der Waals surface area contributed by atoms with Gasteiger partial charge >= 0.3 is 6.09 Å². The molecule has 1 rings (SSSR count). The van der Waals surface area contributed by atoms with Crippen LogP contribution in [0.2, 0.25) is 0 Å². The predicted molar refractivity (Wildman–Crippen MR) is 54.9 cm³/mol. The van der Waals surface area contributed by atoms with Gasteiger partial charge in [-0.05, 0) is 26.7 Å². The SMILES string of the molecule is C[C@H]1CN(C(=O)OC(C)(C)C)C[C@@H]1N. The van der Waals surface area contributed by atoms with E-state index in [0.29, 0.717) is 19.0 Å². The van der Waals surface area contributed by atoms with E-state index in [1.807, 2.05) is 20.8 Å². The highest BCUT2D eigenvalue weighted by molar-refractivity contribution is 5.68. The first-order valence-corrected chi connectivity index (χ1v) is 5.03. The number of nitrogens with zero attached hydrogens (tertiary/aromatic N) is 1. The van der Waals surface area contributed by atoms with Crippen molar-refractivity contribution >= 4 is 6.09 Å². The average Bonchev–Trinajstić information content (AvgIpc) is 2.28. The molecule has 0 aliphatic carbocycles. The highest BCUT2D eigenvalue weighted by Crippen LogP contribution is 2.17. The van der Waals surface area contributed by atoms with Crippen molar-refractivity contribution in [1.29, 1.82) is 0 Å². The molecule has 1 amide bonds. The molecule has 1 fully saturated rings. The summed E-state index contributed by atoms with van der Waals surface area (Å²) in [7, 11) is 0. The molecule has 0 bridgehead atoms. The maximum Gasteiger partial charge on any atom is 0.410 e. The molecule has 1 saturated heterocycles. The minimum absolute atomic E-state index is 0.0857. The third kappa shape index (κ3) is 2.87. The number of rotatable bonds is 0. The van der Waals surface area contributed by atoms with E-state index in [0.717, 1.165) is 0 Å². The van der Waals surface area contributed by atoms with Gasteiger partial charge in [0.05, 0.1) is 0 Å². The number of hydrogen-bond acceptors (Lipinski definition) is 3. The Balaban J connectivity index is 2.48. The zero-order valence-corrected chi connectivity index (χ0v) is 9.41. The zero-order valence-electron chi connectivity index (χ0n) is 9.41. The summed E-state index contributed by atoms with van der Waals surface area (Å²) in [5, 5.41) is 0. The van der Waals surface area contributed by atoms with Gasteiger partial charge in [0.1, 0.15) is 5.60 Å². The summed E-state index contributed by atoms with van der Waals surface area (Å²) >= 11 is 0. The van der Waals surface area contributed by atoms with Gasteiger partial charge in [-0.3, -0.25) is 0 Å². The topological polar surface area (TPSA) is 55.6 Å². The summed E-state index contributed by atoms with van der Waals surface area (Å²) in [5.41, 5.74) is 5.40. The van der Waals surface area contributed by atoms with Crippen molar-refractivity contribution in [3.8, 4) is 0 Å². The monoisotopic (exact) mass is 200 g/mol. The van der Waals surface area contributed by atoms with Crippen LogP contribution in [-0.2, 0) is 4.74 Å². The number of carbonyl (C=O) groups excluding carboxylic acids is 1. The van der Waals surface area contributed by atoms with E-state index >= 15 is 0 Å². The summed E-state index contributed by atoms with van der Waals surface area (Å²) in [6.45, 7) is 8.96. The molecule has 14 heavy (non-hydrogen) atoms. The third-order valence-corrected chi connectivity index (χ3v) is 2.32. The second-order valence-electron chi connectivity index (χ2n) is 5.03. The van der Waals surface area contributed by atoms with Gasteiger partial charge in [0.2, 0.25) is 0 Å². The lowest BCUT2D eigenvalue weighted by atomic mass is 10.1. The van der Waals surface area contributed by atoms with Crippen LogP contribution in [0.5, 0.6) is 0 Å². The molecule has 1 heterocycles. The van der Waals surface area contributed by atoms with Gasteiger partial charge in [-0.2, -0.15) is 0 Å². The molecular weight excluding hydrogens is 180 g/mol. The Morgan fingerprint density at radius 2 is 2.00 bits per heavy atom. The average molecular weight is 200 g/mol. The first-order valence-electron chi connectivity index (χ1n) is 5.03. The summed E-state index contributed by atoms with van der Waals surface area (Å²) in [6.07, 6.45) is -0.252. The molecule has 0 aromatic rings. The zero-order chi connectivity index (χ0) is 10.9. The molecule has 0 unspecified atom stereocenters. The van der Waals surface area contributed by atoms with Crippen molar-refractivity contribution in [2.75, 3.05) is 13.1 Å². The van der Waals surface area contributed by atoms with E-state index in [4.69, 9.17) is 10.5 Å². The lowest BCUT2D eigenvalue weighted by molar-refractivity contribution is 0.0287. The quantitative estimate of drug-likeness (QED) is 0.639. The first kappa shape index (κ1) is 11.3. The summed E-state index contributed by atoms with van der Waals surface area (Å²) in [4.78, 5) is 13.3. The second kappa shape index (κ2) is 3.77. The van der Waals surface area contributed by atoms with Crippen molar-refractivity contribution < 1.29 is 9.53 Å². The minimum Gasteiger partial charge on any atom is -0.444 e. The molecule has 2 N–H and O–H groups in total. The molecule has 4 nitrogen and oxygen atoms in total. The van der Waals surface area contributed by atoms with Crippen molar-refractivity contribution in [3.05, 3.63) is 0 Å². The van der Waals surface area contributed by atoms with E-state index < -0.39 is 5.60 Å². The number of nitrogens with two attached hydrogens (primary N) is 1. The van der Waals surface area contributed by atoms with E-state index in [1.54, 1.807) is 4.90 Å². The Morgan fingerprint density at radius 1 is 1.43 bits per heavy atom. The van der Waals surface area contributed by atoms with Crippen LogP contribution < -0.4 is 5.73 Å². The normalized spacial score (nSPS) is 27.9. The van der Waals surface area contributed by atoms with Crippen LogP contribution >= 0.6 is 0 Å². The molecule has 0 saturated carbocycles. The molecule has 0 spiro atoms. The van der Waals surface area contributed by atoms with Gasteiger partial charge < -0.3 is 15.4 Å². The fourth-order valence-electron chi connectivity index (χ4n) is 1.47. The predicted octanol–water partition coefficient (Wildman–Crippen LogP) is 1.20. The number of ether oxygens (including phenoxy) is 1. The number of amides is 1. The highest BCUT2D eigenvalue weighted by atomic mass is 16.6. The van der Waals surface area contributed by atoms with Gasteiger partial charge in [0.15, 0.2) is 0 Å². The molecule has 0 aromatic carbocycles. The number of hydrogen-bond donors (Lipinski definition) is 1. The lowest BCUT2D eigenvalue weighted by Gasteiger charge is -2.24. The maximum atomic E-state index is 11.6. The summed E-state index contributed by atoms with van der Waals surface area (Å²) in [6, 6.07) is 0.0857. The molecule has 4 heteroatoms. The molecule has 2 atom stereocenters. The smallest absolute Gasteiger partial charge is 0.410 e. The molecule has 1 aliphatic heterocycles. The second-order valence-corrected chi connectivity index (χ2v) is 5.03. The van der Waals surface area contributed by atoms with Gasteiger partial charge in [0.25, 0.3) is 0 Å². The number of likely N-dealkylation sites (tertiary alicyclic amines) is 1. The Kier molecular flexibility index (Phi) is 3.04. The van der Waals surface area contributed by atoms with Crippen LogP contribution in [0, 0.1) is 5.92 Å². The molecule has 0 aromatic heterocycles. The Bertz CT molecular complexity index is 213. The van der Waals surface area contributed by atoms with E-state index in [9.17, 15) is 4.79 Å². The largest absolute Gasteiger partial charge is 0.444 e. The van der Waals surface area contributed by atoms with Crippen LogP contribution in [0.3, 0.4) is 0 Å². The molecule has 82 valence electrons. The van der Waals surface area contributed by atoms with Gasteiger partial charge in [-0.25, -0.2) is 4.79 Å². The first-order chi connectivity index (χ1) is 6.29. The van der Waals surface area contributed by atoms with Crippen LogP contribution in [0.4, 0.5) is 4.79 Å². The van der Waals surface area contributed by atoms with E-state index in [-0.39, 0.29) is 12.1 Å². The van der Waals surface area contributed by atoms with Crippen LogP contribution in [0.15, 0.2) is 0 Å². The van der Waals surface area contributed by atoms with Gasteiger partial charge in [-0.1, -0.05) is 6.92 Å². The van der Waals surface area contributed by atoms with Crippen molar-refractivity contribution in [2.24, 2.45) is 11.7 Å². The van der Waals surface area contributed by atoms with Crippen molar-refractivity contribution in [3.63, 3.8) is 0 Å². The fraction of sp³-hybridized carbons (Fsp3) is 0.900. The van der Waals surface area contributed by atoms with E-state index in [2.05, 4.69) is 6.92 Å². The van der Waals surface area contributed by atoms with Gasteiger partial charge in [-0.15, -0.1) is 0 Å². The third-order valence-electron chi connectivity index (χ3n) is 2.32. The fourth-order valence-corrected chi connectivity index (χ4v) is 1.47. The maximum absolute atomic E-state index is 11.6. The summed E-state index contributed by atoms with van der Waals surface area (Å²) < 4.78 is 5.25. The molecule has 0 radical (unpaired) electrons. The Morgan fingerprint density at radius 3 is 2.36 bits per heavy atom. The van der Waals surface area contributed by atoms with Crippen LogP contribution in [-0.4, -0.2) is 35.7 Å². The van der Waals surface area contributed by atoms with Crippen LogP contribution in [0.25, 0.3) is 0 Å². The van der Waals surface area contributed by atoms with Crippen LogP contribution in [0.1, 0.15) is 27.7 Å². The Hall–Kier alpha value is -0.770. The molecular formula is C10H20N2O2. The highest BCUT2D eigenvalue weighted by Gasteiger charge is 2.32. The Labute approximate surface area is 85.4 Å². The standard InChI is InChI=1S/C10H20N2O2/c1-7-5-12(6-8(7)11)9(13)14-10(2,3)4/h7-8H,5-6,11H2,1-4H3/t7-,8-/m0/s1. The number of carbonyl (C=O) groups is 1. The molecule has 1 aliphatic rings. The van der Waals surface area contributed by atoms with Crippen molar-refractivity contribution in [2.45, 2.75) is 39.3 Å². The van der Waals surface area contributed by atoms with E-state index in [1.165, 1.54) is 0 Å². The van der Waals surface area contributed by atoms with Gasteiger partial charge in [0, 0.05) is 19.1 Å².